The normalized spacial score (nSPS) is 10.5. The number of nitrogens with zero attached hydrogens (tertiary/aromatic N) is 1. The fourth-order valence-corrected chi connectivity index (χ4v) is 3.60. The van der Waals surface area contributed by atoms with E-state index in [9.17, 15) is 9.90 Å². The van der Waals surface area contributed by atoms with Crippen LogP contribution in [0.1, 0.15) is 15.2 Å². The van der Waals surface area contributed by atoms with Crippen LogP contribution in [0.3, 0.4) is 0 Å². The summed E-state index contributed by atoms with van der Waals surface area (Å²) in [6.45, 7) is 0.551. The minimum atomic E-state index is -0.0981. The van der Waals surface area contributed by atoms with Crippen LogP contribution in [0.5, 0.6) is 5.75 Å². The SMILES string of the molecule is O=C(NCCc1ccc(O)cc1)c1cnc(-c2cccs2)s1. The highest BCUT2D eigenvalue weighted by Gasteiger charge is 2.11. The molecule has 2 heterocycles. The first-order chi connectivity index (χ1) is 10.7. The van der Waals surface area contributed by atoms with Gasteiger partial charge in [-0.3, -0.25) is 4.79 Å². The topological polar surface area (TPSA) is 62.2 Å². The van der Waals surface area contributed by atoms with Gasteiger partial charge in [0.15, 0.2) is 0 Å². The third-order valence-corrected chi connectivity index (χ3v) is 5.13. The van der Waals surface area contributed by atoms with Crippen LogP contribution in [0.4, 0.5) is 0 Å². The number of hydrogen-bond donors (Lipinski definition) is 2. The van der Waals surface area contributed by atoms with Crippen LogP contribution in [-0.4, -0.2) is 22.5 Å². The molecule has 0 saturated heterocycles. The standard InChI is InChI=1S/C16H14N2O2S2/c19-12-5-3-11(4-6-12)7-8-17-15(20)14-10-18-16(22-14)13-2-1-9-21-13/h1-6,9-10,19H,7-8H2,(H,17,20). The third-order valence-electron chi connectivity index (χ3n) is 3.10. The van der Waals surface area contributed by atoms with Gasteiger partial charge < -0.3 is 10.4 Å². The second-order valence-electron chi connectivity index (χ2n) is 4.68. The Balaban J connectivity index is 1.55. The summed E-state index contributed by atoms with van der Waals surface area (Å²) in [7, 11) is 0. The van der Waals surface area contributed by atoms with E-state index < -0.39 is 0 Å². The zero-order chi connectivity index (χ0) is 15.4. The maximum Gasteiger partial charge on any atom is 0.263 e. The van der Waals surface area contributed by atoms with E-state index in [-0.39, 0.29) is 11.7 Å². The predicted octanol–water partition coefficient (Wildman–Crippen LogP) is 3.55. The molecule has 1 amide bonds. The minimum absolute atomic E-state index is 0.0981. The molecule has 0 unspecified atom stereocenters. The summed E-state index contributed by atoms with van der Waals surface area (Å²) < 4.78 is 0. The molecule has 0 fully saturated rings. The van der Waals surface area contributed by atoms with Crippen LogP contribution in [0.15, 0.2) is 48.0 Å². The fraction of sp³-hybridized carbons (Fsp3) is 0.125. The molecule has 4 nitrogen and oxygen atoms in total. The van der Waals surface area contributed by atoms with Gasteiger partial charge in [0.1, 0.15) is 15.6 Å². The minimum Gasteiger partial charge on any atom is -0.508 e. The Hall–Kier alpha value is -2.18. The zero-order valence-corrected chi connectivity index (χ0v) is 13.3. The van der Waals surface area contributed by atoms with E-state index in [1.807, 2.05) is 29.6 Å². The number of phenols is 1. The maximum absolute atomic E-state index is 12.1. The molecule has 0 atom stereocenters. The largest absolute Gasteiger partial charge is 0.508 e. The van der Waals surface area contributed by atoms with Crippen molar-refractivity contribution < 1.29 is 9.90 Å². The van der Waals surface area contributed by atoms with Gasteiger partial charge in [0.25, 0.3) is 5.91 Å². The number of thiazole rings is 1. The first-order valence-electron chi connectivity index (χ1n) is 6.78. The van der Waals surface area contributed by atoms with Crippen LogP contribution in [-0.2, 0) is 6.42 Å². The van der Waals surface area contributed by atoms with E-state index in [1.54, 1.807) is 29.7 Å². The lowest BCUT2D eigenvalue weighted by molar-refractivity contribution is 0.0958. The van der Waals surface area contributed by atoms with E-state index >= 15 is 0 Å². The number of carbonyl (C=O) groups excluding carboxylic acids is 1. The highest BCUT2D eigenvalue weighted by molar-refractivity contribution is 7.21. The van der Waals surface area contributed by atoms with Gasteiger partial charge in [-0.05, 0) is 35.6 Å². The quantitative estimate of drug-likeness (QED) is 0.752. The lowest BCUT2D eigenvalue weighted by Crippen LogP contribution is -2.24. The lowest BCUT2D eigenvalue weighted by atomic mass is 10.1. The second kappa shape index (κ2) is 6.72. The fourth-order valence-electron chi connectivity index (χ4n) is 1.96. The first kappa shape index (κ1) is 14.7. The lowest BCUT2D eigenvalue weighted by Gasteiger charge is -2.03. The molecular formula is C16H14N2O2S2. The summed E-state index contributed by atoms with van der Waals surface area (Å²) in [5.41, 5.74) is 1.07. The first-order valence-corrected chi connectivity index (χ1v) is 8.48. The van der Waals surface area contributed by atoms with Crippen molar-refractivity contribution in [2.75, 3.05) is 6.54 Å². The number of rotatable bonds is 5. The summed E-state index contributed by atoms with van der Waals surface area (Å²) in [6.07, 6.45) is 2.35. The van der Waals surface area contributed by atoms with E-state index in [0.29, 0.717) is 11.4 Å². The molecular weight excluding hydrogens is 316 g/mol. The van der Waals surface area contributed by atoms with Gasteiger partial charge in [-0.15, -0.1) is 22.7 Å². The van der Waals surface area contributed by atoms with E-state index in [0.717, 1.165) is 21.9 Å². The average molecular weight is 330 g/mol. The Labute approximate surface area is 136 Å². The molecule has 22 heavy (non-hydrogen) atoms. The highest BCUT2D eigenvalue weighted by Crippen LogP contribution is 2.28. The maximum atomic E-state index is 12.1. The molecule has 3 rings (SSSR count). The average Bonchev–Trinajstić information content (AvgIpc) is 3.20. The molecule has 0 bridgehead atoms. The second-order valence-corrected chi connectivity index (χ2v) is 6.66. The molecule has 1 aromatic carbocycles. The molecule has 0 spiro atoms. The summed E-state index contributed by atoms with van der Waals surface area (Å²) >= 11 is 3.01. The molecule has 112 valence electrons. The molecule has 0 aliphatic carbocycles. The van der Waals surface area contributed by atoms with E-state index in [2.05, 4.69) is 10.3 Å². The summed E-state index contributed by atoms with van der Waals surface area (Å²) in [5.74, 6) is 0.151. The molecule has 3 aromatic rings. The monoisotopic (exact) mass is 330 g/mol. The molecule has 2 aromatic heterocycles. The molecule has 6 heteroatoms. The van der Waals surface area contributed by atoms with Crippen LogP contribution >= 0.6 is 22.7 Å². The Kier molecular flexibility index (Phi) is 4.50. The highest BCUT2D eigenvalue weighted by atomic mass is 32.1. The van der Waals surface area contributed by atoms with Gasteiger partial charge in [0.2, 0.25) is 0 Å². The van der Waals surface area contributed by atoms with Gasteiger partial charge >= 0.3 is 0 Å². The summed E-state index contributed by atoms with van der Waals surface area (Å²) in [6, 6.07) is 11.0. The number of hydrogen-bond acceptors (Lipinski definition) is 5. The van der Waals surface area contributed by atoms with Crippen molar-refractivity contribution in [2.45, 2.75) is 6.42 Å². The van der Waals surface area contributed by atoms with E-state index in [1.165, 1.54) is 11.3 Å². The summed E-state index contributed by atoms with van der Waals surface area (Å²) in [4.78, 5) is 18.1. The number of aromatic nitrogens is 1. The van der Waals surface area contributed by atoms with Crippen molar-refractivity contribution in [3.63, 3.8) is 0 Å². The Morgan fingerprint density at radius 2 is 2.05 bits per heavy atom. The molecule has 0 saturated carbocycles. The number of benzene rings is 1. The number of carbonyl (C=O) groups is 1. The molecule has 0 aliphatic rings. The van der Waals surface area contributed by atoms with Crippen LogP contribution in [0.25, 0.3) is 9.88 Å². The molecule has 0 aliphatic heterocycles. The van der Waals surface area contributed by atoms with Crippen molar-refractivity contribution in [3.8, 4) is 15.6 Å². The van der Waals surface area contributed by atoms with Crippen molar-refractivity contribution in [1.82, 2.24) is 10.3 Å². The van der Waals surface area contributed by atoms with Crippen molar-refractivity contribution in [3.05, 3.63) is 58.4 Å². The zero-order valence-electron chi connectivity index (χ0n) is 11.7. The Bertz CT molecular complexity index is 749. The number of phenolic OH excluding ortho intramolecular Hbond substituents is 1. The van der Waals surface area contributed by atoms with Gasteiger partial charge in [0.05, 0.1) is 11.1 Å². The predicted molar refractivity (Wildman–Crippen MR) is 89.6 cm³/mol. The molecule has 0 radical (unpaired) electrons. The third kappa shape index (κ3) is 3.52. The van der Waals surface area contributed by atoms with Crippen molar-refractivity contribution in [2.24, 2.45) is 0 Å². The van der Waals surface area contributed by atoms with Gasteiger partial charge in [-0.2, -0.15) is 0 Å². The van der Waals surface area contributed by atoms with Crippen LogP contribution < -0.4 is 5.32 Å². The van der Waals surface area contributed by atoms with Gasteiger partial charge in [0, 0.05) is 6.54 Å². The van der Waals surface area contributed by atoms with Crippen molar-refractivity contribution >= 4 is 28.6 Å². The number of aromatic hydroxyl groups is 1. The smallest absolute Gasteiger partial charge is 0.263 e. The Morgan fingerprint density at radius 1 is 1.23 bits per heavy atom. The van der Waals surface area contributed by atoms with Crippen LogP contribution in [0, 0.1) is 0 Å². The Morgan fingerprint density at radius 3 is 2.77 bits per heavy atom. The summed E-state index contributed by atoms with van der Waals surface area (Å²) in [5, 5.41) is 15.0. The van der Waals surface area contributed by atoms with Gasteiger partial charge in [-0.1, -0.05) is 18.2 Å². The number of amides is 1. The molecule has 2 N–H and O–H groups in total. The van der Waals surface area contributed by atoms with Crippen LogP contribution in [0.2, 0.25) is 0 Å². The number of nitrogens with one attached hydrogen (secondary N) is 1. The van der Waals surface area contributed by atoms with E-state index in [4.69, 9.17) is 0 Å². The van der Waals surface area contributed by atoms with Gasteiger partial charge in [-0.25, -0.2) is 4.98 Å². The van der Waals surface area contributed by atoms with Crippen molar-refractivity contribution in [1.29, 1.82) is 0 Å². The number of thiophene rings is 1.